The molecular formula is C18H15ClN4O5. The standard InChI is InChI=1S/C18H15ClN4O5/c1-18(13-7-2-3-8-14(13)19)16(25)22(17(26)21-18)10-15(24)20-11-5-4-6-12(9-11)23(27)28/h2-9H,10H2,1H3,(H,20,24)(H,21,26)/t18-/m1/s1. The smallest absolute Gasteiger partial charge is 0.324 e. The van der Waals surface area contributed by atoms with E-state index in [9.17, 15) is 24.5 Å². The number of amides is 4. The summed E-state index contributed by atoms with van der Waals surface area (Å²) in [7, 11) is 0. The van der Waals surface area contributed by atoms with Crippen molar-refractivity contribution >= 4 is 40.8 Å². The predicted molar refractivity (Wildman–Crippen MR) is 101 cm³/mol. The number of hydrogen-bond donors (Lipinski definition) is 2. The van der Waals surface area contributed by atoms with Gasteiger partial charge in [-0.15, -0.1) is 0 Å². The largest absolute Gasteiger partial charge is 0.325 e. The van der Waals surface area contributed by atoms with Gasteiger partial charge >= 0.3 is 6.03 Å². The minimum absolute atomic E-state index is 0.181. The second-order valence-corrected chi connectivity index (χ2v) is 6.69. The Bertz CT molecular complexity index is 995. The minimum atomic E-state index is -1.40. The maximum absolute atomic E-state index is 12.8. The van der Waals surface area contributed by atoms with E-state index in [1.165, 1.54) is 31.2 Å². The fraction of sp³-hybridized carbons (Fsp3) is 0.167. The normalized spacial score (nSPS) is 18.7. The zero-order valence-electron chi connectivity index (χ0n) is 14.6. The van der Waals surface area contributed by atoms with Gasteiger partial charge in [-0.3, -0.25) is 24.6 Å². The Morgan fingerprint density at radius 3 is 2.64 bits per heavy atom. The number of urea groups is 1. The number of halogens is 1. The molecule has 0 unspecified atom stereocenters. The summed E-state index contributed by atoms with van der Waals surface area (Å²) >= 11 is 6.15. The number of benzene rings is 2. The molecule has 2 aromatic rings. The third kappa shape index (κ3) is 3.52. The van der Waals surface area contributed by atoms with Crippen LogP contribution < -0.4 is 10.6 Å². The SMILES string of the molecule is C[C@]1(c2ccccc2Cl)NC(=O)N(CC(=O)Nc2cccc([N+](=O)[O-])c2)C1=O. The van der Waals surface area contributed by atoms with Crippen LogP contribution in [0, 0.1) is 10.1 Å². The fourth-order valence-corrected chi connectivity index (χ4v) is 3.26. The topological polar surface area (TPSA) is 122 Å². The van der Waals surface area contributed by atoms with Gasteiger partial charge in [0.15, 0.2) is 0 Å². The van der Waals surface area contributed by atoms with Crippen molar-refractivity contribution in [1.29, 1.82) is 0 Å². The van der Waals surface area contributed by atoms with E-state index >= 15 is 0 Å². The Kier molecular flexibility index (Phi) is 5.02. The summed E-state index contributed by atoms with van der Waals surface area (Å²) in [5, 5.41) is 16.1. The molecule has 1 aliphatic heterocycles. The van der Waals surface area contributed by atoms with Crippen molar-refractivity contribution in [2.24, 2.45) is 0 Å². The highest BCUT2D eigenvalue weighted by Gasteiger charge is 2.50. The number of nitro groups is 1. The summed E-state index contributed by atoms with van der Waals surface area (Å²) in [5.74, 6) is -1.30. The third-order valence-electron chi connectivity index (χ3n) is 4.33. The van der Waals surface area contributed by atoms with E-state index in [4.69, 9.17) is 11.6 Å². The summed E-state index contributed by atoms with van der Waals surface area (Å²) in [4.78, 5) is 48.4. The van der Waals surface area contributed by atoms with Gasteiger partial charge < -0.3 is 10.6 Å². The summed E-state index contributed by atoms with van der Waals surface area (Å²) in [6, 6.07) is 11.2. The van der Waals surface area contributed by atoms with E-state index < -0.39 is 34.9 Å². The maximum atomic E-state index is 12.8. The number of hydrogen-bond acceptors (Lipinski definition) is 5. The highest BCUT2D eigenvalue weighted by atomic mass is 35.5. The van der Waals surface area contributed by atoms with E-state index in [1.54, 1.807) is 24.3 Å². The van der Waals surface area contributed by atoms with Crippen LogP contribution in [0.4, 0.5) is 16.2 Å². The molecule has 2 aromatic carbocycles. The van der Waals surface area contributed by atoms with Crippen LogP contribution in [0.5, 0.6) is 0 Å². The number of nitrogens with zero attached hydrogens (tertiary/aromatic N) is 2. The number of nitro benzene ring substituents is 1. The van der Waals surface area contributed by atoms with Gasteiger partial charge in [-0.05, 0) is 19.1 Å². The average molecular weight is 403 g/mol. The van der Waals surface area contributed by atoms with Crippen molar-refractivity contribution < 1.29 is 19.3 Å². The first-order chi connectivity index (χ1) is 13.2. The minimum Gasteiger partial charge on any atom is -0.324 e. The first-order valence-electron chi connectivity index (χ1n) is 8.16. The zero-order chi connectivity index (χ0) is 20.5. The Morgan fingerprint density at radius 2 is 1.96 bits per heavy atom. The van der Waals surface area contributed by atoms with E-state index in [1.807, 2.05) is 0 Å². The van der Waals surface area contributed by atoms with Gasteiger partial charge in [-0.25, -0.2) is 4.79 Å². The summed E-state index contributed by atoms with van der Waals surface area (Å²) in [6.07, 6.45) is 0. The number of carbonyl (C=O) groups is 3. The maximum Gasteiger partial charge on any atom is 0.325 e. The lowest BCUT2D eigenvalue weighted by Crippen LogP contribution is -2.42. The van der Waals surface area contributed by atoms with Gasteiger partial charge in [0.25, 0.3) is 11.6 Å². The zero-order valence-corrected chi connectivity index (χ0v) is 15.4. The summed E-state index contributed by atoms with van der Waals surface area (Å²) in [5.41, 5.74) is -1.00. The molecule has 0 radical (unpaired) electrons. The van der Waals surface area contributed by atoms with Crippen LogP contribution in [-0.2, 0) is 15.1 Å². The lowest BCUT2D eigenvalue weighted by atomic mass is 9.92. The van der Waals surface area contributed by atoms with Gasteiger partial charge in [0.2, 0.25) is 5.91 Å². The van der Waals surface area contributed by atoms with Crippen LogP contribution in [0.15, 0.2) is 48.5 Å². The van der Waals surface area contributed by atoms with E-state index in [-0.39, 0.29) is 11.4 Å². The molecule has 1 heterocycles. The number of anilines is 1. The van der Waals surface area contributed by atoms with Crippen molar-refractivity contribution in [3.63, 3.8) is 0 Å². The molecule has 0 aliphatic carbocycles. The molecule has 1 aliphatic rings. The number of imide groups is 1. The van der Waals surface area contributed by atoms with Gasteiger partial charge in [-0.1, -0.05) is 35.9 Å². The molecule has 28 heavy (non-hydrogen) atoms. The monoisotopic (exact) mass is 402 g/mol. The van der Waals surface area contributed by atoms with Crippen LogP contribution in [-0.4, -0.2) is 34.2 Å². The number of non-ortho nitro benzene ring substituents is 1. The molecule has 9 nitrogen and oxygen atoms in total. The van der Waals surface area contributed by atoms with Crippen molar-refractivity contribution in [3.8, 4) is 0 Å². The van der Waals surface area contributed by atoms with Gasteiger partial charge in [0.1, 0.15) is 12.1 Å². The molecular weight excluding hydrogens is 388 g/mol. The van der Waals surface area contributed by atoms with E-state index in [0.29, 0.717) is 10.6 Å². The van der Waals surface area contributed by atoms with E-state index in [0.717, 1.165) is 4.90 Å². The molecule has 0 saturated carbocycles. The summed E-state index contributed by atoms with van der Waals surface area (Å²) < 4.78 is 0. The van der Waals surface area contributed by atoms with Gasteiger partial charge in [-0.2, -0.15) is 0 Å². The number of nitrogens with one attached hydrogen (secondary N) is 2. The van der Waals surface area contributed by atoms with Gasteiger partial charge in [0.05, 0.1) is 4.92 Å². The molecule has 0 spiro atoms. The molecule has 1 atom stereocenters. The number of carbonyl (C=O) groups excluding carboxylic acids is 3. The van der Waals surface area contributed by atoms with Crippen LogP contribution >= 0.6 is 11.6 Å². The van der Waals surface area contributed by atoms with Crippen LogP contribution in [0.1, 0.15) is 12.5 Å². The van der Waals surface area contributed by atoms with Crippen molar-refractivity contribution in [2.75, 3.05) is 11.9 Å². The second kappa shape index (κ2) is 7.28. The summed E-state index contributed by atoms with van der Waals surface area (Å²) in [6.45, 7) is 0.959. The molecule has 0 aromatic heterocycles. The highest BCUT2D eigenvalue weighted by molar-refractivity contribution is 6.32. The molecule has 4 amide bonds. The van der Waals surface area contributed by atoms with Crippen LogP contribution in [0.2, 0.25) is 5.02 Å². The molecule has 3 rings (SSSR count). The van der Waals surface area contributed by atoms with Crippen LogP contribution in [0.3, 0.4) is 0 Å². The lowest BCUT2D eigenvalue weighted by Gasteiger charge is -2.23. The first-order valence-corrected chi connectivity index (χ1v) is 8.53. The average Bonchev–Trinajstić information content (AvgIpc) is 2.86. The molecule has 1 saturated heterocycles. The molecule has 144 valence electrons. The van der Waals surface area contributed by atoms with Crippen LogP contribution in [0.25, 0.3) is 0 Å². The Labute approximate surface area is 164 Å². The quantitative estimate of drug-likeness (QED) is 0.452. The van der Waals surface area contributed by atoms with E-state index in [2.05, 4.69) is 10.6 Å². The lowest BCUT2D eigenvalue weighted by molar-refractivity contribution is -0.384. The number of rotatable bonds is 5. The predicted octanol–water partition coefficient (Wildman–Crippen LogP) is 2.65. The van der Waals surface area contributed by atoms with Gasteiger partial charge in [0, 0.05) is 28.4 Å². The third-order valence-corrected chi connectivity index (χ3v) is 4.66. The molecule has 10 heteroatoms. The Morgan fingerprint density at radius 1 is 1.25 bits per heavy atom. The fourth-order valence-electron chi connectivity index (χ4n) is 2.93. The first kappa shape index (κ1) is 19.3. The molecule has 1 fully saturated rings. The van der Waals surface area contributed by atoms with Crippen molar-refractivity contribution in [2.45, 2.75) is 12.5 Å². The second-order valence-electron chi connectivity index (χ2n) is 6.28. The molecule has 0 bridgehead atoms. The molecule has 2 N–H and O–H groups in total. The Hall–Kier alpha value is -3.46. The Balaban J connectivity index is 1.76. The van der Waals surface area contributed by atoms with Crippen molar-refractivity contribution in [1.82, 2.24) is 10.2 Å². The highest BCUT2D eigenvalue weighted by Crippen LogP contribution is 2.33. The van der Waals surface area contributed by atoms with Crippen molar-refractivity contribution in [3.05, 3.63) is 69.2 Å².